The average Bonchev–Trinajstić information content (AvgIpc) is 2.90. The van der Waals surface area contributed by atoms with E-state index >= 15 is 0 Å². The van der Waals surface area contributed by atoms with Gasteiger partial charge in [0.05, 0.1) is 19.2 Å². The molecule has 0 amide bonds. The molecule has 0 aromatic carbocycles. The summed E-state index contributed by atoms with van der Waals surface area (Å²) in [6, 6.07) is 0.453. The first kappa shape index (κ1) is 13.4. The van der Waals surface area contributed by atoms with Crippen molar-refractivity contribution in [3.63, 3.8) is 0 Å². The van der Waals surface area contributed by atoms with E-state index in [0.717, 1.165) is 18.8 Å². The third-order valence-electron chi connectivity index (χ3n) is 3.62. The molecular weight excluding hydrogens is 230 g/mol. The van der Waals surface area contributed by atoms with Gasteiger partial charge in [0.2, 0.25) is 0 Å². The third-order valence-corrected chi connectivity index (χ3v) is 3.62. The quantitative estimate of drug-likeness (QED) is 0.771. The molecule has 1 saturated carbocycles. The van der Waals surface area contributed by atoms with Crippen molar-refractivity contribution in [1.82, 2.24) is 25.5 Å². The highest BCUT2D eigenvalue weighted by atomic mass is 16.5. The van der Waals surface area contributed by atoms with Crippen molar-refractivity contribution in [2.45, 2.75) is 45.7 Å². The molecule has 0 radical (unpaired) electrons. The molecule has 1 atom stereocenters. The predicted molar refractivity (Wildman–Crippen MR) is 68.1 cm³/mol. The molecule has 18 heavy (non-hydrogen) atoms. The molecule has 1 aromatic heterocycles. The van der Waals surface area contributed by atoms with Gasteiger partial charge in [-0.1, -0.05) is 13.8 Å². The fourth-order valence-electron chi connectivity index (χ4n) is 2.59. The maximum atomic E-state index is 5.00. The summed E-state index contributed by atoms with van der Waals surface area (Å²) < 4.78 is 6.99. The minimum atomic E-state index is 0.414. The molecule has 1 aliphatic carbocycles. The lowest BCUT2D eigenvalue weighted by Crippen LogP contribution is -2.22. The minimum absolute atomic E-state index is 0.414. The molecule has 1 aliphatic rings. The summed E-state index contributed by atoms with van der Waals surface area (Å²) in [5.74, 6) is 0.925. The Bertz CT molecular complexity index is 376. The van der Waals surface area contributed by atoms with Crippen LogP contribution in [0.3, 0.4) is 0 Å². The largest absolute Gasteiger partial charge is 0.383 e. The minimum Gasteiger partial charge on any atom is -0.383 e. The lowest BCUT2D eigenvalue weighted by atomic mass is 9.92. The topological polar surface area (TPSA) is 64.9 Å². The van der Waals surface area contributed by atoms with Crippen molar-refractivity contribution in [2.75, 3.05) is 20.3 Å². The van der Waals surface area contributed by atoms with Crippen LogP contribution in [0.1, 0.15) is 45.0 Å². The fraction of sp³-hybridized carbons (Fsp3) is 0.917. The Hall–Kier alpha value is -1.01. The van der Waals surface area contributed by atoms with E-state index < -0.39 is 0 Å². The van der Waals surface area contributed by atoms with Crippen LogP contribution < -0.4 is 5.32 Å². The SMILES string of the molecule is COCCNCc1nnnn1C1CCC(C)(C)C1. The molecule has 1 fully saturated rings. The Morgan fingerprint density at radius 2 is 2.33 bits per heavy atom. The van der Waals surface area contributed by atoms with E-state index in [1.807, 2.05) is 4.68 Å². The molecule has 2 rings (SSSR count). The van der Waals surface area contributed by atoms with Crippen LogP contribution in [0.5, 0.6) is 0 Å². The second-order valence-electron chi connectivity index (χ2n) is 5.77. The molecule has 1 aromatic rings. The molecule has 1 heterocycles. The molecule has 0 spiro atoms. The van der Waals surface area contributed by atoms with Gasteiger partial charge in [-0.3, -0.25) is 0 Å². The number of methoxy groups -OCH3 is 1. The average molecular weight is 253 g/mol. The van der Waals surface area contributed by atoms with Gasteiger partial charge in [0.25, 0.3) is 0 Å². The highest BCUT2D eigenvalue weighted by molar-refractivity contribution is 4.90. The number of ether oxygens (including phenoxy) is 1. The highest BCUT2D eigenvalue weighted by Gasteiger charge is 2.33. The number of hydrogen-bond donors (Lipinski definition) is 1. The Morgan fingerprint density at radius 3 is 3.00 bits per heavy atom. The Labute approximate surface area is 108 Å². The van der Waals surface area contributed by atoms with Crippen LogP contribution in [-0.2, 0) is 11.3 Å². The Balaban J connectivity index is 1.91. The van der Waals surface area contributed by atoms with E-state index in [4.69, 9.17) is 4.74 Å². The number of rotatable bonds is 6. The van der Waals surface area contributed by atoms with Crippen molar-refractivity contribution >= 4 is 0 Å². The van der Waals surface area contributed by atoms with E-state index in [9.17, 15) is 0 Å². The monoisotopic (exact) mass is 253 g/mol. The summed E-state index contributed by atoms with van der Waals surface area (Å²) in [6.45, 7) is 6.85. The molecule has 0 bridgehead atoms. The smallest absolute Gasteiger partial charge is 0.165 e. The first-order valence-corrected chi connectivity index (χ1v) is 6.59. The molecule has 6 nitrogen and oxygen atoms in total. The van der Waals surface area contributed by atoms with Gasteiger partial charge in [0.1, 0.15) is 0 Å². The van der Waals surface area contributed by atoms with Crippen LogP contribution >= 0.6 is 0 Å². The second kappa shape index (κ2) is 5.75. The number of nitrogens with zero attached hydrogens (tertiary/aromatic N) is 4. The summed E-state index contributed by atoms with van der Waals surface area (Å²) in [5, 5.41) is 15.3. The van der Waals surface area contributed by atoms with Crippen LogP contribution in [0.15, 0.2) is 0 Å². The molecule has 102 valence electrons. The molecule has 0 aliphatic heterocycles. The maximum Gasteiger partial charge on any atom is 0.165 e. The number of tetrazole rings is 1. The van der Waals surface area contributed by atoms with Crippen molar-refractivity contribution in [3.05, 3.63) is 5.82 Å². The molecular formula is C12H23N5O. The second-order valence-corrected chi connectivity index (χ2v) is 5.77. The normalized spacial score (nSPS) is 22.5. The standard InChI is InChI=1S/C12H23N5O/c1-12(2)5-4-10(8-12)17-11(14-15-16-17)9-13-6-7-18-3/h10,13H,4-9H2,1-3H3. The van der Waals surface area contributed by atoms with Gasteiger partial charge in [-0.15, -0.1) is 5.10 Å². The van der Waals surface area contributed by atoms with Crippen molar-refractivity contribution in [2.24, 2.45) is 5.41 Å². The van der Waals surface area contributed by atoms with Gasteiger partial charge in [-0.2, -0.15) is 0 Å². The van der Waals surface area contributed by atoms with Crippen molar-refractivity contribution < 1.29 is 4.74 Å². The predicted octanol–water partition coefficient (Wildman–Crippen LogP) is 1.16. The van der Waals surface area contributed by atoms with Crippen LogP contribution in [0.25, 0.3) is 0 Å². The maximum absolute atomic E-state index is 5.00. The number of nitrogens with one attached hydrogen (secondary N) is 1. The first-order valence-electron chi connectivity index (χ1n) is 6.59. The van der Waals surface area contributed by atoms with E-state index in [-0.39, 0.29) is 0 Å². The Morgan fingerprint density at radius 1 is 1.50 bits per heavy atom. The van der Waals surface area contributed by atoms with E-state index in [1.165, 1.54) is 12.8 Å². The van der Waals surface area contributed by atoms with Gasteiger partial charge in [-0.05, 0) is 35.1 Å². The van der Waals surface area contributed by atoms with E-state index in [0.29, 0.717) is 24.6 Å². The van der Waals surface area contributed by atoms with Gasteiger partial charge < -0.3 is 10.1 Å². The van der Waals surface area contributed by atoms with Crippen LogP contribution in [0.4, 0.5) is 0 Å². The van der Waals surface area contributed by atoms with Gasteiger partial charge in [0, 0.05) is 13.7 Å². The number of aromatic nitrogens is 4. The zero-order chi connectivity index (χ0) is 13.0. The highest BCUT2D eigenvalue weighted by Crippen LogP contribution is 2.43. The molecule has 6 heteroatoms. The lowest BCUT2D eigenvalue weighted by Gasteiger charge is -2.17. The van der Waals surface area contributed by atoms with Crippen molar-refractivity contribution in [3.8, 4) is 0 Å². The first-order chi connectivity index (χ1) is 8.62. The third kappa shape index (κ3) is 3.26. The molecule has 1 N–H and O–H groups in total. The summed E-state index contributed by atoms with van der Waals surface area (Å²) in [4.78, 5) is 0. The van der Waals surface area contributed by atoms with Crippen LogP contribution in [0.2, 0.25) is 0 Å². The Kier molecular flexibility index (Phi) is 4.29. The lowest BCUT2D eigenvalue weighted by molar-refractivity contribution is 0.198. The summed E-state index contributed by atoms with van der Waals surface area (Å²) in [6.07, 6.45) is 3.57. The zero-order valence-electron chi connectivity index (χ0n) is 11.5. The van der Waals surface area contributed by atoms with Gasteiger partial charge in [-0.25, -0.2) is 4.68 Å². The van der Waals surface area contributed by atoms with E-state index in [2.05, 4.69) is 34.7 Å². The zero-order valence-corrected chi connectivity index (χ0v) is 11.5. The fourth-order valence-corrected chi connectivity index (χ4v) is 2.59. The summed E-state index contributed by atoms with van der Waals surface area (Å²) in [5.41, 5.74) is 0.414. The summed E-state index contributed by atoms with van der Waals surface area (Å²) >= 11 is 0. The molecule has 1 unspecified atom stereocenters. The molecule has 0 saturated heterocycles. The summed E-state index contributed by atoms with van der Waals surface area (Å²) in [7, 11) is 1.70. The van der Waals surface area contributed by atoms with Gasteiger partial charge in [0.15, 0.2) is 5.82 Å². The number of hydrogen-bond acceptors (Lipinski definition) is 5. The van der Waals surface area contributed by atoms with Gasteiger partial charge >= 0.3 is 0 Å². The van der Waals surface area contributed by atoms with E-state index in [1.54, 1.807) is 7.11 Å². The van der Waals surface area contributed by atoms with Crippen LogP contribution in [-0.4, -0.2) is 40.5 Å². The van der Waals surface area contributed by atoms with Crippen molar-refractivity contribution in [1.29, 1.82) is 0 Å². The van der Waals surface area contributed by atoms with Crippen LogP contribution in [0, 0.1) is 5.41 Å².